The minimum Gasteiger partial charge on any atom is -0.654 e. The van der Waals surface area contributed by atoms with Crippen LogP contribution in [0.25, 0.3) is 89.3 Å². The summed E-state index contributed by atoms with van der Waals surface area (Å²) < 4.78 is 19.2. The van der Waals surface area contributed by atoms with Crippen molar-refractivity contribution >= 4 is 44.0 Å². The number of aryl methyl sites for hydroxylation is 4. The number of hydrogen-bond donors (Lipinski definition) is 0. The summed E-state index contributed by atoms with van der Waals surface area (Å²) in [5.41, 5.74) is 10.3. The van der Waals surface area contributed by atoms with Gasteiger partial charge >= 0.3 is 21.1 Å². The van der Waals surface area contributed by atoms with E-state index >= 15 is 0 Å². The molecule has 0 bridgehead atoms. The maximum absolute atomic E-state index is 5.82. The number of rotatable bonds is 4. The fraction of sp³-hybridized carbons (Fsp3) is 0.111. The first kappa shape index (κ1) is 33.3. The number of furan rings is 2. The van der Waals surface area contributed by atoms with Crippen molar-refractivity contribution in [2.24, 2.45) is 28.2 Å². The molecule has 0 saturated heterocycles. The summed E-state index contributed by atoms with van der Waals surface area (Å²) in [5, 5.41) is 1.97. The fourth-order valence-electron chi connectivity index (χ4n) is 6.21. The first-order valence-electron chi connectivity index (χ1n) is 15.2. The van der Waals surface area contributed by atoms with Crippen molar-refractivity contribution in [3.05, 3.63) is 98.8 Å². The molecule has 50 heavy (non-hydrogen) atoms. The zero-order valence-electron chi connectivity index (χ0n) is 27.0. The standard InChI is InChI=1S/2C18H13N5O.2Pt/c2*1-22-8-14(20-10-22)13-9-24-17-11-4-3-5-12(15(11)21-16(13)17)18-19-6-7-23(18)2;;/h2*3-9H,1-2H3;;/q2*-2;;+2. The Morgan fingerprint density at radius 3 is 1.78 bits per heavy atom. The van der Waals surface area contributed by atoms with Gasteiger partial charge < -0.3 is 47.0 Å². The van der Waals surface area contributed by atoms with Crippen LogP contribution in [0.1, 0.15) is 0 Å². The Bertz CT molecular complexity index is 2570. The van der Waals surface area contributed by atoms with Crippen molar-refractivity contribution in [3.8, 4) is 45.3 Å². The number of para-hydroxylation sites is 2. The molecule has 0 saturated carbocycles. The Hall–Kier alpha value is -5.18. The molecule has 14 heteroatoms. The number of hydrogen-bond acceptors (Lipinski definition) is 5. The molecule has 12 nitrogen and oxygen atoms in total. The molecule has 0 aliphatic heterocycles. The third-order valence-electron chi connectivity index (χ3n) is 8.50. The second kappa shape index (κ2) is 12.9. The third-order valence-corrected chi connectivity index (χ3v) is 8.50. The molecule has 0 radical (unpaired) electrons. The van der Waals surface area contributed by atoms with E-state index in [4.69, 9.17) is 18.8 Å². The monoisotopic (exact) mass is 1020 g/mol. The molecule has 8 heterocycles. The summed E-state index contributed by atoms with van der Waals surface area (Å²) in [6, 6.07) is 12.1. The Morgan fingerprint density at radius 2 is 1.30 bits per heavy atom. The van der Waals surface area contributed by atoms with Crippen molar-refractivity contribution in [1.29, 1.82) is 0 Å². The molecule has 0 amide bonds. The van der Waals surface area contributed by atoms with Gasteiger partial charge in [-0.25, -0.2) is 9.97 Å². The topological polar surface area (TPSA) is 126 Å². The van der Waals surface area contributed by atoms with Crippen LogP contribution in [0.4, 0.5) is 0 Å². The molecular formula is C36H26N10O2Pt2-2. The quantitative estimate of drug-likeness (QED) is 0.171. The zero-order valence-corrected chi connectivity index (χ0v) is 31.5. The van der Waals surface area contributed by atoms with Crippen molar-refractivity contribution in [3.63, 3.8) is 0 Å². The minimum atomic E-state index is 0. The van der Waals surface area contributed by atoms with Gasteiger partial charge in [-0.05, 0) is 25.2 Å². The van der Waals surface area contributed by atoms with Crippen LogP contribution in [0, 0.1) is 12.7 Å². The Kier molecular flexibility index (Phi) is 8.62. The second-order valence-corrected chi connectivity index (χ2v) is 11.7. The first-order chi connectivity index (χ1) is 23.4. The van der Waals surface area contributed by atoms with E-state index in [0.29, 0.717) is 0 Å². The third kappa shape index (κ3) is 5.30. The van der Waals surface area contributed by atoms with Gasteiger partial charge in [0, 0.05) is 94.5 Å². The zero-order chi connectivity index (χ0) is 32.5. The van der Waals surface area contributed by atoms with Crippen molar-refractivity contribution in [2.45, 2.75) is 0 Å². The molecule has 8 aromatic heterocycles. The van der Waals surface area contributed by atoms with Crippen LogP contribution < -0.4 is 19.5 Å². The number of imidazole rings is 4. The Labute approximate surface area is 313 Å². The number of benzene rings is 2. The molecular weight excluding hydrogens is 995 g/mol. The van der Waals surface area contributed by atoms with Gasteiger partial charge in [0.15, 0.2) is 0 Å². The SMILES string of the molecule is Cn1[c-]nc(-c2coc3c2[n-]c2c(-c4[n-]cc[n+]4C)cccc23)c1.Cn1[c-]nc(-c2coc3c2[n-]c2c(-c4nccn4C)cccc23)c1.[Pt+2].[Pt]. The van der Waals surface area contributed by atoms with Crippen molar-refractivity contribution in [1.82, 2.24) is 43.6 Å². The van der Waals surface area contributed by atoms with Gasteiger partial charge in [-0.15, -0.1) is 23.4 Å². The minimum absolute atomic E-state index is 0. The molecule has 0 fully saturated rings. The molecule has 0 atom stereocenters. The van der Waals surface area contributed by atoms with Gasteiger partial charge in [0.1, 0.15) is 22.8 Å². The van der Waals surface area contributed by atoms with Crippen LogP contribution in [0.2, 0.25) is 0 Å². The predicted octanol–water partition coefficient (Wildman–Crippen LogP) is 5.33. The summed E-state index contributed by atoms with van der Waals surface area (Å²) in [5.74, 6) is 1.77. The predicted molar refractivity (Wildman–Crippen MR) is 178 cm³/mol. The average Bonchev–Trinajstić information content (AvgIpc) is 3.91. The van der Waals surface area contributed by atoms with Crippen LogP contribution in [0.3, 0.4) is 0 Å². The van der Waals surface area contributed by atoms with Gasteiger partial charge in [-0.2, -0.15) is 0 Å². The summed E-state index contributed by atoms with van der Waals surface area (Å²) in [6.45, 7) is 0. The number of fused-ring (bicyclic) bond motifs is 6. The molecule has 0 aliphatic carbocycles. The van der Waals surface area contributed by atoms with Crippen LogP contribution in [0.15, 0.2) is 94.9 Å². The summed E-state index contributed by atoms with van der Waals surface area (Å²) in [7, 11) is 7.73. The molecule has 0 unspecified atom stereocenters. The molecule has 10 aromatic rings. The maximum Gasteiger partial charge on any atom is 2.00 e. The molecule has 0 N–H and O–H groups in total. The van der Waals surface area contributed by atoms with E-state index in [1.807, 2.05) is 98.5 Å². The molecule has 10 rings (SSSR count). The van der Waals surface area contributed by atoms with E-state index in [9.17, 15) is 0 Å². The van der Waals surface area contributed by atoms with E-state index in [0.717, 1.165) is 89.3 Å². The fourth-order valence-corrected chi connectivity index (χ4v) is 6.21. The van der Waals surface area contributed by atoms with E-state index < -0.39 is 0 Å². The summed E-state index contributed by atoms with van der Waals surface area (Å²) >= 11 is 0. The van der Waals surface area contributed by atoms with E-state index in [2.05, 4.69) is 32.6 Å². The van der Waals surface area contributed by atoms with Gasteiger partial charge in [-0.1, -0.05) is 58.8 Å². The van der Waals surface area contributed by atoms with Crippen LogP contribution in [0.5, 0.6) is 0 Å². The van der Waals surface area contributed by atoms with Crippen LogP contribution >= 0.6 is 0 Å². The maximum atomic E-state index is 5.82. The van der Waals surface area contributed by atoms with E-state index in [-0.39, 0.29) is 42.1 Å². The Balaban J connectivity index is 0.000000151. The van der Waals surface area contributed by atoms with E-state index in [1.165, 1.54) is 0 Å². The van der Waals surface area contributed by atoms with E-state index in [1.54, 1.807) is 34.1 Å². The average molecular weight is 1020 g/mol. The normalized spacial score (nSPS) is 11.3. The molecule has 0 aliphatic rings. The van der Waals surface area contributed by atoms with Gasteiger partial charge in [-0.3, -0.25) is 0 Å². The van der Waals surface area contributed by atoms with Gasteiger partial charge in [0.25, 0.3) is 0 Å². The number of aromatic nitrogens is 10. The Morgan fingerprint density at radius 1 is 0.740 bits per heavy atom. The smallest absolute Gasteiger partial charge is 0.654 e. The van der Waals surface area contributed by atoms with Gasteiger partial charge in [0.05, 0.1) is 12.5 Å². The number of nitrogens with zero attached hydrogens (tertiary/aromatic N) is 10. The largest absolute Gasteiger partial charge is 2.00 e. The van der Waals surface area contributed by atoms with Crippen LogP contribution in [-0.4, -0.2) is 28.7 Å². The molecule has 0 spiro atoms. The second-order valence-electron chi connectivity index (χ2n) is 11.7. The van der Waals surface area contributed by atoms with Crippen molar-refractivity contribution in [2.75, 3.05) is 0 Å². The summed E-state index contributed by atoms with van der Waals surface area (Å²) in [4.78, 5) is 27.2. The molecule has 254 valence electrons. The molecule has 2 aromatic carbocycles. The van der Waals surface area contributed by atoms with Crippen LogP contribution in [-0.2, 0) is 70.3 Å². The summed E-state index contributed by atoms with van der Waals surface area (Å²) in [6.07, 6.45) is 20.4. The van der Waals surface area contributed by atoms with Crippen molar-refractivity contribution < 1.29 is 55.5 Å². The van der Waals surface area contributed by atoms with Gasteiger partial charge in [0.2, 0.25) is 0 Å². The first-order valence-corrected chi connectivity index (χ1v) is 15.2.